The van der Waals surface area contributed by atoms with Crippen LogP contribution in [-0.2, 0) is 14.8 Å². The molecule has 3 heterocycles. The molecular formula is C24H25N7O5S. The molecule has 0 saturated heterocycles. The monoisotopic (exact) mass is 523 g/mol. The Morgan fingerprint density at radius 2 is 1.84 bits per heavy atom. The van der Waals surface area contributed by atoms with Crippen LogP contribution in [0.2, 0.25) is 0 Å². The molecule has 4 rings (SSSR count). The maximum atomic E-state index is 13.5. The van der Waals surface area contributed by atoms with Gasteiger partial charge >= 0.3 is 0 Å². The molecule has 0 radical (unpaired) electrons. The van der Waals surface area contributed by atoms with Crippen LogP contribution in [0.4, 0.5) is 5.95 Å². The van der Waals surface area contributed by atoms with Crippen LogP contribution in [0.3, 0.4) is 0 Å². The third-order valence-electron chi connectivity index (χ3n) is 5.75. The Balaban J connectivity index is 1.82. The molecule has 0 aliphatic carbocycles. The van der Waals surface area contributed by atoms with Gasteiger partial charge in [-0.15, -0.1) is 10.2 Å². The van der Waals surface area contributed by atoms with Gasteiger partial charge in [0.1, 0.15) is 23.0 Å². The fraction of sp³-hybridized carbons (Fsp3) is 0.292. The average molecular weight is 524 g/mol. The zero-order valence-electron chi connectivity index (χ0n) is 20.8. The van der Waals surface area contributed by atoms with Gasteiger partial charge in [0, 0.05) is 18.3 Å². The van der Waals surface area contributed by atoms with Crippen molar-refractivity contribution in [2.45, 2.75) is 31.9 Å². The number of hydrogen-bond acceptors (Lipinski definition) is 10. The number of aryl methyl sites for hydroxylation is 1. The summed E-state index contributed by atoms with van der Waals surface area (Å²) in [7, 11) is -1.20. The summed E-state index contributed by atoms with van der Waals surface area (Å²) < 4.78 is 41.3. The van der Waals surface area contributed by atoms with Crippen LogP contribution in [0.25, 0.3) is 11.4 Å². The molecule has 0 unspecified atom stereocenters. The van der Waals surface area contributed by atoms with Gasteiger partial charge in [-0.25, -0.2) is 23.4 Å². The molecule has 2 aromatic heterocycles. The molecule has 3 aromatic rings. The number of rotatable bonds is 8. The summed E-state index contributed by atoms with van der Waals surface area (Å²) >= 11 is 0. The number of aliphatic imine (C=N–C) groups is 1. The Kier molecular flexibility index (Phi) is 7.12. The molecule has 37 heavy (non-hydrogen) atoms. The molecule has 1 aliphatic rings. The Morgan fingerprint density at radius 3 is 2.51 bits per heavy atom. The Bertz CT molecular complexity index is 1570. The Labute approximate surface area is 213 Å². The SMILES string of the molecule is COC1=NC(c2nnc(NS(=O)(=O)[C@H](C)[C@@H](C)c3ncc(C)cn3)n2-c2c(O)cccc2OC)=C=C=C1. The number of ether oxygens (including phenoxy) is 2. The summed E-state index contributed by atoms with van der Waals surface area (Å²) in [6, 6.07) is 4.61. The molecule has 192 valence electrons. The van der Waals surface area contributed by atoms with Gasteiger partial charge in [0.25, 0.3) is 0 Å². The second kappa shape index (κ2) is 10.3. The lowest BCUT2D eigenvalue weighted by atomic mass is 10.1. The standard InChI is InChI=1S/C24H25N7O5S/c1-14-12-25-22(26-13-14)15(2)16(3)37(33,34)30-24-29-28-23(17-8-6-11-20(27-17)36-5)31(24)21-18(32)9-7-10-19(21)35-4/h7,9-13,15-16,32H,1-5H3,(H,29,30)/t15-,16-/m1/s1. The van der Waals surface area contributed by atoms with Crippen molar-refractivity contribution in [2.24, 2.45) is 4.99 Å². The molecule has 2 atom stereocenters. The largest absolute Gasteiger partial charge is 0.506 e. The average Bonchev–Trinajstić information content (AvgIpc) is 3.30. The molecule has 12 nitrogen and oxygen atoms in total. The lowest BCUT2D eigenvalue weighted by Gasteiger charge is -2.21. The first-order valence-corrected chi connectivity index (χ1v) is 12.7. The van der Waals surface area contributed by atoms with Crippen molar-refractivity contribution in [3.8, 4) is 17.2 Å². The van der Waals surface area contributed by atoms with E-state index in [-0.39, 0.29) is 40.6 Å². The third kappa shape index (κ3) is 5.10. The highest BCUT2D eigenvalue weighted by molar-refractivity contribution is 7.93. The lowest BCUT2D eigenvalue weighted by molar-refractivity contribution is 0.404. The number of hydrogen-bond donors (Lipinski definition) is 2. The van der Waals surface area contributed by atoms with E-state index in [1.165, 1.54) is 30.9 Å². The van der Waals surface area contributed by atoms with Crippen molar-refractivity contribution in [1.82, 2.24) is 24.7 Å². The van der Waals surface area contributed by atoms with Crippen molar-refractivity contribution >= 4 is 27.6 Å². The van der Waals surface area contributed by atoms with Crippen LogP contribution in [0.1, 0.15) is 37.0 Å². The summed E-state index contributed by atoms with van der Waals surface area (Å²) in [5.41, 5.74) is 6.70. The van der Waals surface area contributed by atoms with Crippen molar-refractivity contribution in [3.05, 3.63) is 65.3 Å². The van der Waals surface area contributed by atoms with Gasteiger partial charge in [-0.1, -0.05) is 18.7 Å². The second-order valence-electron chi connectivity index (χ2n) is 8.19. The van der Waals surface area contributed by atoms with Crippen LogP contribution >= 0.6 is 0 Å². The van der Waals surface area contributed by atoms with E-state index in [2.05, 4.69) is 41.3 Å². The molecule has 0 saturated carbocycles. The number of phenols is 1. The summed E-state index contributed by atoms with van der Waals surface area (Å²) in [5.74, 6) is -0.0255. The fourth-order valence-electron chi connectivity index (χ4n) is 3.50. The van der Waals surface area contributed by atoms with E-state index in [9.17, 15) is 13.5 Å². The van der Waals surface area contributed by atoms with Gasteiger partial charge < -0.3 is 14.6 Å². The van der Waals surface area contributed by atoms with Crippen molar-refractivity contribution in [3.63, 3.8) is 0 Å². The fourth-order valence-corrected chi connectivity index (χ4v) is 4.73. The van der Waals surface area contributed by atoms with E-state index in [4.69, 9.17) is 9.47 Å². The summed E-state index contributed by atoms with van der Waals surface area (Å²) in [4.78, 5) is 12.8. The molecule has 0 fully saturated rings. The number of methoxy groups -OCH3 is 2. The van der Waals surface area contributed by atoms with Crippen LogP contribution in [0, 0.1) is 6.92 Å². The molecule has 0 spiro atoms. The van der Waals surface area contributed by atoms with Crippen LogP contribution in [0.5, 0.6) is 11.5 Å². The predicted octanol–water partition coefficient (Wildman–Crippen LogP) is 2.72. The summed E-state index contributed by atoms with van der Waals surface area (Å²) in [6.07, 6.45) is 4.74. The summed E-state index contributed by atoms with van der Waals surface area (Å²) in [6.45, 7) is 5.12. The van der Waals surface area contributed by atoms with Gasteiger partial charge in [-0.3, -0.25) is 9.29 Å². The number of nitrogens with one attached hydrogen (secondary N) is 1. The zero-order valence-corrected chi connectivity index (χ0v) is 21.6. The van der Waals surface area contributed by atoms with E-state index in [0.717, 1.165) is 5.56 Å². The number of benzene rings is 1. The van der Waals surface area contributed by atoms with Gasteiger partial charge in [0.2, 0.25) is 21.9 Å². The number of nitrogens with zero attached hydrogens (tertiary/aromatic N) is 6. The first-order chi connectivity index (χ1) is 17.7. The van der Waals surface area contributed by atoms with E-state index in [1.807, 2.05) is 6.92 Å². The normalized spacial score (nSPS) is 14.5. The quantitative estimate of drug-likeness (QED) is 0.424. The van der Waals surface area contributed by atoms with Crippen LogP contribution < -0.4 is 9.46 Å². The minimum Gasteiger partial charge on any atom is -0.506 e. The molecule has 1 aliphatic heterocycles. The molecule has 13 heteroatoms. The predicted molar refractivity (Wildman–Crippen MR) is 136 cm³/mol. The highest BCUT2D eigenvalue weighted by Gasteiger charge is 2.32. The molecule has 0 bridgehead atoms. The smallest absolute Gasteiger partial charge is 0.243 e. The number of aromatic nitrogens is 5. The molecule has 1 aromatic carbocycles. The lowest BCUT2D eigenvalue weighted by Crippen LogP contribution is -2.31. The summed E-state index contributed by atoms with van der Waals surface area (Å²) in [5, 5.41) is 18.0. The minimum atomic E-state index is -4.05. The number of anilines is 1. The van der Waals surface area contributed by atoms with Crippen molar-refractivity contribution < 1.29 is 23.0 Å². The van der Waals surface area contributed by atoms with E-state index >= 15 is 0 Å². The molecular weight excluding hydrogens is 498 g/mol. The third-order valence-corrected chi connectivity index (χ3v) is 7.60. The van der Waals surface area contributed by atoms with Crippen LogP contribution in [-0.4, -0.2) is 63.6 Å². The van der Waals surface area contributed by atoms with E-state index in [0.29, 0.717) is 5.82 Å². The highest BCUT2D eigenvalue weighted by atomic mass is 32.2. The van der Waals surface area contributed by atoms with E-state index in [1.54, 1.807) is 38.4 Å². The maximum absolute atomic E-state index is 13.5. The van der Waals surface area contributed by atoms with Gasteiger partial charge in [-0.2, -0.15) is 0 Å². The van der Waals surface area contributed by atoms with Gasteiger partial charge in [-0.05, 0) is 37.3 Å². The first-order valence-electron chi connectivity index (χ1n) is 11.1. The Hall–Kier alpha value is -4.44. The molecule has 2 N–H and O–H groups in total. The van der Waals surface area contributed by atoms with Crippen molar-refractivity contribution in [2.75, 3.05) is 18.9 Å². The second-order valence-corrected chi connectivity index (χ2v) is 10.2. The van der Waals surface area contributed by atoms with Crippen molar-refractivity contribution in [1.29, 1.82) is 0 Å². The maximum Gasteiger partial charge on any atom is 0.243 e. The number of para-hydroxylation sites is 1. The number of aromatic hydroxyl groups is 1. The topological polar surface area (TPSA) is 154 Å². The molecule has 0 amide bonds. The first kappa shape index (κ1) is 25.6. The number of phenolic OH excluding ortho intramolecular Hbond substituents is 1. The van der Waals surface area contributed by atoms with Gasteiger partial charge in [0.05, 0.1) is 25.5 Å². The highest BCUT2D eigenvalue weighted by Crippen LogP contribution is 2.36. The van der Waals surface area contributed by atoms with E-state index < -0.39 is 21.2 Å². The Morgan fingerprint density at radius 1 is 1.11 bits per heavy atom. The zero-order chi connectivity index (χ0) is 26.7. The van der Waals surface area contributed by atoms with Gasteiger partial charge in [0.15, 0.2) is 11.5 Å². The van der Waals surface area contributed by atoms with Crippen LogP contribution in [0.15, 0.2) is 53.1 Å². The number of sulfonamides is 1. The minimum absolute atomic E-state index is 0.0650.